The van der Waals surface area contributed by atoms with Crippen molar-refractivity contribution in [2.24, 2.45) is 0 Å². The Morgan fingerprint density at radius 2 is 1.88 bits per heavy atom. The maximum atomic E-state index is 13.1. The van der Waals surface area contributed by atoms with Gasteiger partial charge in [0, 0.05) is 24.2 Å². The molecule has 4 rings (SSSR count). The zero-order valence-corrected chi connectivity index (χ0v) is 13.5. The summed E-state index contributed by atoms with van der Waals surface area (Å²) in [6, 6.07) is 11.2. The average Bonchev–Trinajstić information content (AvgIpc) is 3.05. The number of benzene rings is 2. The van der Waals surface area contributed by atoms with Crippen molar-refractivity contribution in [3.05, 3.63) is 53.8 Å². The van der Waals surface area contributed by atoms with Crippen LogP contribution in [-0.4, -0.2) is 40.3 Å². The van der Waals surface area contributed by atoms with Crippen LogP contribution < -0.4 is 0 Å². The van der Waals surface area contributed by atoms with E-state index in [4.69, 9.17) is 4.52 Å². The minimum Gasteiger partial charge on any atom is -0.393 e. The molecule has 1 saturated heterocycles. The number of piperidine rings is 1. The van der Waals surface area contributed by atoms with Crippen LogP contribution in [0.5, 0.6) is 0 Å². The molecule has 0 atom stereocenters. The largest absolute Gasteiger partial charge is 0.393 e. The van der Waals surface area contributed by atoms with Crippen LogP contribution in [0.3, 0.4) is 0 Å². The lowest BCUT2D eigenvalue weighted by atomic mass is 10.0. The molecule has 1 amide bonds. The van der Waals surface area contributed by atoms with E-state index in [2.05, 4.69) is 5.16 Å². The number of carbonyl (C=O) groups excluding carboxylic acids is 1. The number of halogens is 1. The van der Waals surface area contributed by atoms with Gasteiger partial charge >= 0.3 is 0 Å². The number of aliphatic hydroxyl groups is 1. The number of carbonyl (C=O) groups is 1. The molecule has 1 aliphatic rings. The topological polar surface area (TPSA) is 66.6 Å². The molecule has 1 fully saturated rings. The Labute approximate surface area is 143 Å². The van der Waals surface area contributed by atoms with Gasteiger partial charge in [-0.25, -0.2) is 4.39 Å². The Kier molecular flexibility index (Phi) is 3.97. The van der Waals surface area contributed by atoms with E-state index >= 15 is 0 Å². The third-order valence-corrected chi connectivity index (χ3v) is 4.58. The zero-order chi connectivity index (χ0) is 17.4. The highest BCUT2D eigenvalue weighted by Crippen LogP contribution is 2.30. The molecule has 1 aliphatic heterocycles. The van der Waals surface area contributed by atoms with Crippen LogP contribution in [-0.2, 0) is 0 Å². The lowest BCUT2D eigenvalue weighted by molar-refractivity contribution is 0.0546. The molecular weight excluding hydrogens is 323 g/mol. The molecule has 1 aromatic heterocycles. The van der Waals surface area contributed by atoms with Crippen molar-refractivity contribution in [1.82, 2.24) is 10.1 Å². The fourth-order valence-electron chi connectivity index (χ4n) is 3.14. The number of hydrogen-bond acceptors (Lipinski definition) is 4. The summed E-state index contributed by atoms with van der Waals surface area (Å²) >= 11 is 0. The summed E-state index contributed by atoms with van der Waals surface area (Å²) in [6.45, 7) is 1.10. The van der Waals surface area contributed by atoms with E-state index in [0.717, 1.165) is 5.39 Å². The molecule has 128 valence electrons. The SMILES string of the molecule is O=C(c1ccc2noc(-c3ccc(F)cc3)c2c1)N1CCC(O)CC1. The molecule has 0 radical (unpaired) electrons. The van der Waals surface area contributed by atoms with Crippen LogP contribution in [0.1, 0.15) is 23.2 Å². The number of aliphatic hydroxyl groups excluding tert-OH is 1. The van der Waals surface area contributed by atoms with Crippen LogP contribution in [0.2, 0.25) is 0 Å². The smallest absolute Gasteiger partial charge is 0.253 e. The second kappa shape index (κ2) is 6.29. The van der Waals surface area contributed by atoms with Gasteiger partial charge in [0.15, 0.2) is 5.76 Å². The molecule has 0 bridgehead atoms. The van der Waals surface area contributed by atoms with Crippen LogP contribution in [0.4, 0.5) is 4.39 Å². The van der Waals surface area contributed by atoms with Crippen molar-refractivity contribution in [2.75, 3.05) is 13.1 Å². The molecule has 3 aromatic rings. The van der Waals surface area contributed by atoms with Crippen molar-refractivity contribution in [1.29, 1.82) is 0 Å². The highest BCUT2D eigenvalue weighted by molar-refractivity contribution is 6.01. The molecule has 0 saturated carbocycles. The Hall–Kier alpha value is -2.73. The summed E-state index contributed by atoms with van der Waals surface area (Å²) in [5.74, 6) is 0.120. The first kappa shape index (κ1) is 15.8. The standard InChI is InChI=1S/C19H17FN2O3/c20-14-4-1-12(2-5-14)18-16-11-13(3-6-17(16)21-25-18)19(24)22-9-7-15(23)8-10-22/h1-6,11,15,23H,7-10H2. The fraction of sp³-hybridized carbons (Fsp3) is 0.263. The summed E-state index contributed by atoms with van der Waals surface area (Å²) in [4.78, 5) is 14.5. The average molecular weight is 340 g/mol. The van der Waals surface area contributed by atoms with Gasteiger partial charge in [0.1, 0.15) is 11.3 Å². The maximum absolute atomic E-state index is 13.1. The van der Waals surface area contributed by atoms with Crippen LogP contribution >= 0.6 is 0 Å². The number of amides is 1. The van der Waals surface area contributed by atoms with Crippen LogP contribution in [0.25, 0.3) is 22.2 Å². The van der Waals surface area contributed by atoms with E-state index in [1.807, 2.05) is 0 Å². The zero-order valence-electron chi connectivity index (χ0n) is 13.5. The molecule has 25 heavy (non-hydrogen) atoms. The molecule has 5 nitrogen and oxygen atoms in total. The number of aromatic nitrogens is 1. The van der Waals surface area contributed by atoms with Gasteiger partial charge in [-0.2, -0.15) is 0 Å². The third-order valence-electron chi connectivity index (χ3n) is 4.58. The highest BCUT2D eigenvalue weighted by atomic mass is 19.1. The van der Waals surface area contributed by atoms with E-state index < -0.39 is 0 Å². The molecule has 0 aliphatic carbocycles. The number of hydrogen-bond donors (Lipinski definition) is 1. The number of likely N-dealkylation sites (tertiary alicyclic amines) is 1. The lowest BCUT2D eigenvalue weighted by Gasteiger charge is -2.29. The second-order valence-corrected chi connectivity index (χ2v) is 6.27. The Morgan fingerprint density at radius 3 is 2.60 bits per heavy atom. The summed E-state index contributed by atoms with van der Waals surface area (Å²) in [6.07, 6.45) is 0.874. The Morgan fingerprint density at radius 1 is 1.16 bits per heavy atom. The molecule has 0 spiro atoms. The van der Waals surface area contributed by atoms with Gasteiger partial charge in [-0.3, -0.25) is 4.79 Å². The summed E-state index contributed by atoms with van der Waals surface area (Å²) in [5, 5.41) is 14.3. The first-order chi connectivity index (χ1) is 12.1. The number of rotatable bonds is 2. The molecule has 2 aromatic carbocycles. The van der Waals surface area contributed by atoms with E-state index in [1.165, 1.54) is 12.1 Å². The van der Waals surface area contributed by atoms with Crippen molar-refractivity contribution in [3.63, 3.8) is 0 Å². The fourth-order valence-corrected chi connectivity index (χ4v) is 3.14. The minimum atomic E-state index is -0.324. The molecule has 6 heteroatoms. The number of nitrogens with zero attached hydrogens (tertiary/aromatic N) is 2. The normalized spacial score (nSPS) is 15.7. The highest BCUT2D eigenvalue weighted by Gasteiger charge is 2.23. The quantitative estimate of drug-likeness (QED) is 0.778. The monoisotopic (exact) mass is 340 g/mol. The molecule has 0 unspecified atom stereocenters. The molecule has 1 N–H and O–H groups in total. The van der Waals surface area contributed by atoms with Gasteiger partial charge in [-0.1, -0.05) is 5.16 Å². The van der Waals surface area contributed by atoms with Crippen LogP contribution in [0.15, 0.2) is 47.0 Å². The van der Waals surface area contributed by atoms with Gasteiger partial charge < -0.3 is 14.5 Å². The van der Waals surface area contributed by atoms with E-state index in [-0.39, 0.29) is 17.8 Å². The van der Waals surface area contributed by atoms with Crippen molar-refractivity contribution >= 4 is 16.8 Å². The summed E-state index contributed by atoms with van der Waals surface area (Å²) in [7, 11) is 0. The van der Waals surface area contributed by atoms with Crippen LogP contribution in [0, 0.1) is 5.82 Å². The minimum absolute atomic E-state index is 0.0694. The van der Waals surface area contributed by atoms with Crippen molar-refractivity contribution in [3.8, 4) is 11.3 Å². The first-order valence-corrected chi connectivity index (χ1v) is 8.24. The van der Waals surface area contributed by atoms with Gasteiger partial charge in [0.25, 0.3) is 5.91 Å². The van der Waals surface area contributed by atoms with E-state index in [0.29, 0.717) is 48.3 Å². The van der Waals surface area contributed by atoms with Gasteiger partial charge in [0.2, 0.25) is 0 Å². The molecule has 2 heterocycles. The molecular formula is C19H17FN2O3. The van der Waals surface area contributed by atoms with Gasteiger partial charge in [0.05, 0.1) is 11.5 Å². The van der Waals surface area contributed by atoms with Crippen molar-refractivity contribution < 1.29 is 18.8 Å². The van der Waals surface area contributed by atoms with E-state index in [9.17, 15) is 14.3 Å². The van der Waals surface area contributed by atoms with E-state index in [1.54, 1.807) is 35.2 Å². The van der Waals surface area contributed by atoms with Gasteiger partial charge in [-0.05, 0) is 55.3 Å². The van der Waals surface area contributed by atoms with Crippen molar-refractivity contribution in [2.45, 2.75) is 18.9 Å². The Balaban J connectivity index is 1.68. The third kappa shape index (κ3) is 3.00. The predicted molar refractivity (Wildman–Crippen MR) is 90.5 cm³/mol. The lowest BCUT2D eigenvalue weighted by Crippen LogP contribution is -2.40. The second-order valence-electron chi connectivity index (χ2n) is 6.27. The summed E-state index contributed by atoms with van der Waals surface area (Å²) in [5.41, 5.74) is 1.90. The Bertz CT molecular complexity index is 912. The number of fused-ring (bicyclic) bond motifs is 1. The predicted octanol–water partition coefficient (Wildman–Crippen LogP) is 3.23. The van der Waals surface area contributed by atoms with Gasteiger partial charge in [-0.15, -0.1) is 0 Å². The maximum Gasteiger partial charge on any atom is 0.253 e. The first-order valence-electron chi connectivity index (χ1n) is 8.24. The summed E-state index contributed by atoms with van der Waals surface area (Å²) < 4.78 is 18.5.